The summed E-state index contributed by atoms with van der Waals surface area (Å²) in [6, 6.07) is -0.366. The van der Waals surface area contributed by atoms with Crippen LogP contribution >= 0.6 is 0 Å². The van der Waals surface area contributed by atoms with Crippen molar-refractivity contribution in [2.45, 2.75) is 6.04 Å². The highest BCUT2D eigenvalue weighted by Crippen LogP contribution is 1.81. The SMILES string of the molecule is CN[C@@H](CN)C(=O)OC. The highest BCUT2D eigenvalue weighted by atomic mass is 16.5. The number of methoxy groups -OCH3 is 1. The average Bonchev–Trinajstić information content (AvgIpc) is 1.90. The van der Waals surface area contributed by atoms with Gasteiger partial charge in [-0.3, -0.25) is 4.79 Å². The summed E-state index contributed by atoms with van der Waals surface area (Å²) in [5.74, 6) is -0.319. The van der Waals surface area contributed by atoms with Crippen molar-refractivity contribution in [3.05, 3.63) is 0 Å². The van der Waals surface area contributed by atoms with E-state index >= 15 is 0 Å². The standard InChI is InChI=1S/C5H12N2O2/c1-7-4(3-6)5(8)9-2/h4,7H,3,6H2,1-2H3/t4-/m0/s1. The Morgan fingerprint density at radius 2 is 2.44 bits per heavy atom. The van der Waals surface area contributed by atoms with E-state index in [0.29, 0.717) is 0 Å². The maximum absolute atomic E-state index is 10.6. The van der Waals surface area contributed by atoms with Crippen LogP contribution < -0.4 is 11.1 Å². The lowest BCUT2D eigenvalue weighted by Crippen LogP contribution is -2.41. The molecule has 0 amide bonds. The van der Waals surface area contributed by atoms with E-state index in [4.69, 9.17) is 5.73 Å². The van der Waals surface area contributed by atoms with Crippen molar-refractivity contribution in [2.24, 2.45) is 5.73 Å². The van der Waals surface area contributed by atoms with E-state index in [1.165, 1.54) is 7.11 Å². The van der Waals surface area contributed by atoms with Crippen molar-refractivity contribution in [3.8, 4) is 0 Å². The molecule has 0 aromatic carbocycles. The van der Waals surface area contributed by atoms with Gasteiger partial charge in [-0.1, -0.05) is 0 Å². The largest absolute Gasteiger partial charge is 0.468 e. The molecule has 4 nitrogen and oxygen atoms in total. The molecule has 0 aliphatic heterocycles. The molecule has 0 saturated heterocycles. The number of carbonyl (C=O) groups is 1. The molecule has 0 aromatic rings. The van der Waals surface area contributed by atoms with Gasteiger partial charge >= 0.3 is 5.97 Å². The van der Waals surface area contributed by atoms with Gasteiger partial charge in [-0.2, -0.15) is 0 Å². The third-order valence-electron chi connectivity index (χ3n) is 1.07. The van der Waals surface area contributed by atoms with Gasteiger partial charge in [0, 0.05) is 6.54 Å². The summed E-state index contributed by atoms with van der Waals surface area (Å²) in [7, 11) is 3.00. The molecule has 54 valence electrons. The van der Waals surface area contributed by atoms with E-state index in [0.717, 1.165) is 0 Å². The van der Waals surface area contributed by atoms with Gasteiger partial charge in [-0.15, -0.1) is 0 Å². The van der Waals surface area contributed by atoms with Gasteiger partial charge in [-0.05, 0) is 7.05 Å². The molecular formula is C5H12N2O2. The Hall–Kier alpha value is -0.610. The summed E-state index contributed by atoms with van der Waals surface area (Å²) in [5.41, 5.74) is 5.20. The van der Waals surface area contributed by atoms with E-state index in [9.17, 15) is 4.79 Å². The summed E-state index contributed by atoms with van der Waals surface area (Å²) in [6.07, 6.45) is 0. The molecule has 0 rings (SSSR count). The molecule has 4 heteroatoms. The predicted molar refractivity (Wildman–Crippen MR) is 33.9 cm³/mol. The Bertz CT molecular complexity index is 91.0. The Kier molecular flexibility index (Phi) is 4.00. The zero-order valence-corrected chi connectivity index (χ0v) is 5.68. The van der Waals surface area contributed by atoms with Gasteiger partial charge in [0.25, 0.3) is 0 Å². The smallest absolute Gasteiger partial charge is 0.324 e. The average molecular weight is 132 g/mol. The second-order valence-corrected chi connectivity index (χ2v) is 1.60. The van der Waals surface area contributed by atoms with Crippen LogP contribution in [0.15, 0.2) is 0 Å². The second-order valence-electron chi connectivity index (χ2n) is 1.60. The summed E-state index contributed by atoms with van der Waals surface area (Å²) in [5, 5.41) is 2.70. The lowest BCUT2D eigenvalue weighted by Gasteiger charge is -2.09. The van der Waals surface area contributed by atoms with Gasteiger partial charge in [0.2, 0.25) is 0 Å². The molecule has 0 saturated carbocycles. The minimum Gasteiger partial charge on any atom is -0.468 e. The lowest BCUT2D eigenvalue weighted by molar-refractivity contribution is -0.142. The summed E-state index contributed by atoms with van der Waals surface area (Å²) < 4.78 is 4.41. The first kappa shape index (κ1) is 8.39. The summed E-state index contributed by atoms with van der Waals surface area (Å²) in [6.45, 7) is 0.267. The van der Waals surface area contributed by atoms with E-state index in [1.807, 2.05) is 0 Å². The van der Waals surface area contributed by atoms with Crippen LogP contribution in [0, 0.1) is 0 Å². The number of esters is 1. The highest BCUT2D eigenvalue weighted by molar-refractivity contribution is 5.75. The van der Waals surface area contributed by atoms with Gasteiger partial charge in [0.05, 0.1) is 7.11 Å². The third-order valence-corrected chi connectivity index (χ3v) is 1.07. The summed E-state index contributed by atoms with van der Waals surface area (Å²) >= 11 is 0. The summed E-state index contributed by atoms with van der Waals surface area (Å²) in [4.78, 5) is 10.6. The number of hydrogen-bond donors (Lipinski definition) is 2. The molecule has 0 spiro atoms. The molecule has 1 atom stereocenters. The molecule has 0 aliphatic rings. The predicted octanol–water partition coefficient (Wildman–Crippen LogP) is -1.29. The van der Waals surface area contributed by atoms with E-state index in [1.54, 1.807) is 7.05 Å². The Morgan fingerprint density at radius 1 is 1.89 bits per heavy atom. The van der Waals surface area contributed by atoms with Gasteiger partial charge < -0.3 is 15.8 Å². The normalized spacial score (nSPS) is 12.8. The molecule has 0 aliphatic carbocycles. The molecule has 0 fully saturated rings. The molecule has 0 aromatic heterocycles. The molecule has 0 heterocycles. The molecule has 0 radical (unpaired) electrons. The maximum Gasteiger partial charge on any atom is 0.324 e. The fourth-order valence-corrected chi connectivity index (χ4v) is 0.474. The fraction of sp³-hybridized carbons (Fsp3) is 0.800. The molecule has 0 unspecified atom stereocenters. The van der Waals surface area contributed by atoms with Crippen LogP contribution in [-0.2, 0) is 9.53 Å². The minimum atomic E-state index is -0.366. The molecular weight excluding hydrogens is 120 g/mol. The van der Waals surface area contributed by atoms with E-state index in [2.05, 4.69) is 10.1 Å². The van der Waals surface area contributed by atoms with E-state index < -0.39 is 0 Å². The lowest BCUT2D eigenvalue weighted by atomic mass is 10.3. The topological polar surface area (TPSA) is 64.3 Å². The number of likely N-dealkylation sites (N-methyl/N-ethyl adjacent to an activating group) is 1. The van der Waals surface area contributed by atoms with Crippen molar-refractivity contribution in [3.63, 3.8) is 0 Å². The van der Waals surface area contributed by atoms with Gasteiger partial charge in [0.15, 0.2) is 0 Å². The zero-order chi connectivity index (χ0) is 7.28. The zero-order valence-electron chi connectivity index (χ0n) is 5.68. The number of carbonyl (C=O) groups excluding carboxylic acids is 1. The monoisotopic (exact) mass is 132 g/mol. The van der Waals surface area contributed by atoms with Crippen LogP contribution in [0.5, 0.6) is 0 Å². The van der Waals surface area contributed by atoms with Crippen molar-refractivity contribution in [1.82, 2.24) is 5.32 Å². The van der Waals surface area contributed by atoms with Crippen molar-refractivity contribution < 1.29 is 9.53 Å². The number of nitrogens with two attached hydrogens (primary N) is 1. The molecule has 3 N–H and O–H groups in total. The van der Waals surface area contributed by atoms with E-state index in [-0.39, 0.29) is 18.6 Å². The van der Waals surface area contributed by atoms with Crippen molar-refractivity contribution >= 4 is 5.97 Å². The Labute approximate surface area is 54.4 Å². The Morgan fingerprint density at radius 3 is 2.56 bits per heavy atom. The fourth-order valence-electron chi connectivity index (χ4n) is 0.474. The third kappa shape index (κ3) is 2.43. The molecule has 9 heavy (non-hydrogen) atoms. The van der Waals surface area contributed by atoms with Crippen LogP contribution in [0.2, 0.25) is 0 Å². The first-order valence-corrected chi connectivity index (χ1v) is 2.71. The second kappa shape index (κ2) is 4.29. The minimum absolute atomic E-state index is 0.267. The number of ether oxygens (including phenoxy) is 1. The van der Waals surface area contributed by atoms with Crippen LogP contribution in [0.3, 0.4) is 0 Å². The first-order valence-electron chi connectivity index (χ1n) is 2.71. The van der Waals surface area contributed by atoms with Crippen LogP contribution in [-0.4, -0.2) is 32.7 Å². The van der Waals surface area contributed by atoms with Gasteiger partial charge in [0.1, 0.15) is 6.04 Å². The van der Waals surface area contributed by atoms with Crippen LogP contribution in [0.4, 0.5) is 0 Å². The van der Waals surface area contributed by atoms with Crippen LogP contribution in [0.1, 0.15) is 0 Å². The molecule has 0 bridgehead atoms. The highest BCUT2D eigenvalue weighted by Gasteiger charge is 2.12. The quantitative estimate of drug-likeness (QED) is 0.469. The number of hydrogen-bond acceptors (Lipinski definition) is 4. The number of rotatable bonds is 3. The Balaban J connectivity index is 3.64. The van der Waals surface area contributed by atoms with Crippen molar-refractivity contribution in [2.75, 3.05) is 20.7 Å². The first-order chi connectivity index (χ1) is 4.26. The maximum atomic E-state index is 10.6. The number of nitrogens with one attached hydrogen (secondary N) is 1. The van der Waals surface area contributed by atoms with Gasteiger partial charge in [-0.25, -0.2) is 0 Å². The van der Waals surface area contributed by atoms with Crippen LogP contribution in [0.25, 0.3) is 0 Å². The van der Waals surface area contributed by atoms with Crippen molar-refractivity contribution in [1.29, 1.82) is 0 Å².